The highest BCUT2D eigenvalue weighted by atomic mass is 35.5. The second-order valence-electron chi connectivity index (χ2n) is 8.39. The first-order valence-corrected chi connectivity index (χ1v) is 11.0. The topological polar surface area (TPSA) is 88.5 Å². The second kappa shape index (κ2) is 8.85. The van der Waals surface area contributed by atoms with Gasteiger partial charge in [-0.1, -0.05) is 41.6 Å². The Morgan fingerprint density at radius 3 is 2.62 bits per heavy atom. The predicted octanol–water partition coefficient (Wildman–Crippen LogP) is 4.75. The van der Waals surface area contributed by atoms with Crippen molar-refractivity contribution in [1.82, 2.24) is 30.5 Å². The molecule has 0 amide bonds. The van der Waals surface area contributed by atoms with Crippen LogP contribution in [0.4, 0.5) is 0 Å². The molecule has 8 heteroatoms. The zero-order valence-electron chi connectivity index (χ0n) is 18.6. The molecule has 2 N–H and O–H groups in total. The maximum atomic E-state index is 11.6. The number of benzene rings is 3. The molecule has 3 heterocycles. The van der Waals surface area contributed by atoms with E-state index < -0.39 is 0 Å². The molecule has 0 radical (unpaired) electrons. The van der Waals surface area contributed by atoms with Gasteiger partial charge in [0.05, 0.1) is 17.4 Å². The average molecular weight is 471 g/mol. The average Bonchev–Trinajstić information content (AvgIpc) is 3.50. The molecule has 6 rings (SSSR count). The maximum Gasteiger partial charge on any atom is 0.159 e. The van der Waals surface area contributed by atoms with Crippen molar-refractivity contribution in [1.29, 1.82) is 0 Å². The summed E-state index contributed by atoms with van der Waals surface area (Å²) in [6.07, 6.45) is 2.97. The fourth-order valence-electron chi connectivity index (χ4n) is 4.39. The van der Waals surface area contributed by atoms with Crippen molar-refractivity contribution >= 4 is 29.1 Å². The summed E-state index contributed by atoms with van der Waals surface area (Å²) in [5.41, 5.74) is 8.89. The molecule has 34 heavy (non-hydrogen) atoms. The van der Waals surface area contributed by atoms with Crippen LogP contribution in [0.5, 0.6) is 0 Å². The smallest absolute Gasteiger partial charge is 0.159 e. The number of H-pyrrole nitrogens is 1. The van der Waals surface area contributed by atoms with Crippen LogP contribution < -0.4 is 5.32 Å². The van der Waals surface area contributed by atoms with Crippen LogP contribution in [0.2, 0.25) is 0 Å². The monoisotopic (exact) mass is 470 g/mol. The van der Waals surface area contributed by atoms with E-state index >= 15 is 0 Å². The van der Waals surface area contributed by atoms with Gasteiger partial charge in [0, 0.05) is 17.5 Å². The minimum atomic E-state index is 0. The molecule has 170 valence electrons. The lowest BCUT2D eigenvalue weighted by atomic mass is 10.0. The van der Waals surface area contributed by atoms with E-state index in [0.29, 0.717) is 11.3 Å². The summed E-state index contributed by atoms with van der Waals surface area (Å²) in [5.74, 6) is 0.0624. The number of carbonyl (C=O) groups is 1. The number of nitrogens with zero attached hydrogens (tertiary/aromatic N) is 4. The van der Waals surface area contributed by atoms with E-state index in [1.807, 2.05) is 42.6 Å². The highest BCUT2D eigenvalue weighted by Gasteiger charge is 2.15. The van der Waals surface area contributed by atoms with Crippen molar-refractivity contribution in [3.05, 3.63) is 83.6 Å². The van der Waals surface area contributed by atoms with Gasteiger partial charge in [0.15, 0.2) is 5.78 Å². The summed E-state index contributed by atoms with van der Waals surface area (Å²) >= 11 is 0. The number of carbonyl (C=O) groups excluding carboxylic acids is 1. The number of hydrogen-bond donors (Lipinski definition) is 2. The molecule has 1 aliphatic heterocycles. The number of rotatable bonds is 4. The molecular formula is C26H23ClN6O. The lowest BCUT2D eigenvalue weighted by Crippen LogP contribution is -2.23. The molecule has 0 saturated heterocycles. The summed E-state index contributed by atoms with van der Waals surface area (Å²) in [7, 11) is 0. The summed E-state index contributed by atoms with van der Waals surface area (Å²) in [6, 6.07) is 20.3. The lowest BCUT2D eigenvalue weighted by molar-refractivity contribution is 0.101. The lowest BCUT2D eigenvalue weighted by Gasteiger charge is -2.17. The number of hydrogen-bond acceptors (Lipinski definition) is 5. The van der Waals surface area contributed by atoms with Gasteiger partial charge in [-0.2, -0.15) is 5.10 Å². The number of Topliss-reactive ketones (excluding diaryl/α,β-unsaturated/α-hetero) is 1. The summed E-state index contributed by atoms with van der Waals surface area (Å²) in [5, 5.41) is 20.8. The molecule has 0 bridgehead atoms. The number of nitrogens with one attached hydrogen (secondary N) is 2. The minimum absolute atomic E-state index is 0. The Hall–Kier alpha value is -3.81. The van der Waals surface area contributed by atoms with Crippen molar-refractivity contribution < 1.29 is 4.79 Å². The van der Waals surface area contributed by atoms with E-state index in [1.54, 1.807) is 11.6 Å². The van der Waals surface area contributed by atoms with E-state index in [2.05, 4.69) is 50.1 Å². The molecule has 0 unspecified atom stereocenters. The standard InChI is InChI=1S/C26H22N6O.ClH/c1-16(33)17-2-4-18(5-3-17)20-7-9-24-23(13-20)26(30-28-24)25-15-32(31-29-25)22-8-6-19-10-11-27-14-21(19)12-22;/h2-9,12-13,15,27H,10-11,14H2,1H3,(H,28,30);1H. The highest BCUT2D eigenvalue weighted by Crippen LogP contribution is 2.30. The van der Waals surface area contributed by atoms with E-state index in [-0.39, 0.29) is 18.2 Å². The van der Waals surface area contributed by atoms with Crippen molar-refractivity contribution in [3.63, 3.8) is 0 Å². The molecule has 2 aromatic heterocycles. The number of halogens is 1. The molecule has 1 aliphatic rings. The molecular weight excluding hydrogens is 448 g/mol. The van der Waals surface area contributed by atoms with E-state index in [1.165, 1.54) is 11.1 Å². The SMILES string of the molecule is CC(=O)c1ccc(-c2ccc3[nH]nc(-c4cn(-c5ccc6c(c5)CNCC6)nn4)c3c2)cc1.Cl. The van der Waals surface area contributed by atoms with Crippen LogP contribution in [0.3, 0.4) is 0 Å². The zero-order chi connectivity index (χ0) is 22.4. The maximum absolute atomic E-state index is 11.6. The first kappa shape index (κ1) is 22.0. The Labute approximate surface area is 202 Å². The molecule has 5 aromatic rings. The quantitative estimate of drug-likeness (QED) is 0.370. The summed E-state index contributed by atoms with van der Waals surface area (Å²) < 4.78 is 1.80. The number of aromatic nitrogens is 5. The molecule has 7 nitrogen and oxygen atoms in total. The van der Waals surface area contributed by atoms with E-state index in [9.17, 15) is 4.79 Å². The van der Waals surface area contributed by atoms with Crippen LogP contribution in [0.1, 0.15) is 28.4 Å². The third kappa shape index (κ3) is 3.89. The largest absolute Gasteiger partial charge is 0.312 e. The molecule has 0 atom stereocenters. The van der Waals surface area contributed by atoms with E-state index in [4.69, 9.17) is 0 Å². The number of aromatic amines is 1. The Balaban J connectivity index is 0.00000241. The molecule has 3 aromatic carbocycles. The fraction of sp³-hybridized carbons (Fsp3) is 0.154. The van der Waals surface area contributed by atoms with Crippen LogP contribution in [-0.4, -0.2) is 37.5 Å². The third-order valence-corrected chi connectivity index (χ3v) is 6.26. The molecule has 0 spiro atoms. The van der Waals surface area contributed by atoms with Crippen molar-refractivity contribution in [2.75, 3.05) is 6.54 Å². The third-order valence-electron chi connectivity index (χ3n) is 6.26. The second-order valence-corrected chi connectivity index (χ2v) is 8.39. The van der Waals surface area contributed by atoms with E-state index in [0.717, 1.165) is 52.9 Å². The first-order chi connectivity index (χ1) is 16.2. The van der Waals surface area contributed by atoms with Gasteiger partial charge < -0.3 is 5.32 Å². The summed E-state index contributed by atoms with van der Waals surface area (Å²) in [4.78, 5) is 11.6. The molecule has 0 saturated carbocycles. The zero-order valence-corrected chi connectivity index (χ0v) is 19.4. The molecule has 0 aliphatic carbocycles. The van der Waals surface area contributed by atoms with Crippen LogP contribution in [0, 0.1) is 0 Å². The predicted molar refractivity (Wildman–Crippen MR) is 135 cm³/mol. The van der Waals surface area contributed by atoms with Crippen molar-refractivity contribution in [3.8, 4) is 28.2 Å². The van der Waals surface area contributed by atoms with Gasteiger partial charge >= 0.3 is 0 Å². The van der Waals surface area contributed by atoms with Gasteiger partial charge in [-0.05, 0) is 66.4 Å². The fourth-order valence-corrected chi connectivity index (χ4v) is 4.39. The van der Waals surface area contributed by atoms with Gasteiger partial charge in [-0.3, -0.25) is 9.89 Å². The van der Waals surface area contributed by atoms with Crippen LogP contribution in [0.15, 0.2) is 66.9 Å². The first-order valence-electron chi connectivity index (χ1n) is 11.0. The van der Waals surface area contributed by atoms with Gasteiger partial charge in [-0.15, -0.1) is 17.5 Å². The molecule has 0 fully saturated rings. The minimum Gasteiger partial charge on any atom is -0.312 e. The number of ketones is 1. The van der Waals surface area contributed by atoms with Crippen LogP contribution in [-0.2, 0) is 13.0 Å². The Morgan fingerprint density at radius 2 is 1.79 bits per heavy atom. The van der Waals surface area contributed by atoms with Gasteiger partial charge in [0.2, 0.25) is 0 Å². The normalized spacial score (nSPS) is 12.9. The van der Waals surface area contributed by atoms with Gasteiger partial charge in [0.1, 0.15) is 11.4 Å². The Morgan fingerprint density at radius 1 is 0.971 bits per heavy atom. The van der Waals surface area contributed by atoms with Crippen molar-refractivity contribution in [2.45, 2.75) is 19.9 Å². The van der Waals surface area contributed by atoms with Crippen molar-refractivity contribution in [2.24, 2.45) is 0 Å². The highest BCUT2D eigenvalue weighted by molar-refractivity contribution is 5.96. The number of fused-ring (bicyclic) bond motifs is 2. The van der Waals surface area contributed by atoms with Gasteiger partial charge in [0.25, 0.3) is 0 Å². The Kier molecular flexibility index (Phi) is 5.73. The Bertz CT molecular complexity index is 1500. The van der Waals surface area contributed by atoms with Gasteiger partial charge in [-0.25, -0.2) is 4.68 Å². The van der Waals surface area contributed by atoms with Crippen LogP contribution >= 0.6 is 12.4 Å². The summed E-state index contributed by atoms with van der Waals surface area (Å²) in [6.45, 7) is 3.48. The van der Waals surface area contributed by atoms with Crippen LogP contribution in [0.25, 0.3) is 39.1 Å².